The first-order chi connectivity index (χ1) is 12.5. The maximum Gasteiger partial charge on any atom is 0.307 e. The van der Waals surface area contributed by atoms with Gasteiger partial charge in [-0.1, -0.05) is 36.4 Å². The lowest BCUT2D eigenvalue weighted by atomic mass is 10.0. The molecule has 6 nitrogen and oxygen atoms in total. The van der Waals surface area contributed by atoms with Gasteiger partial charge in [0.15, 0.2) is 0 Å². The Hall–Kier alpha value is -2.98. The molecule has 1 N–H and O–H groups in total. The van der Waals surface area contributed by atoms with E-state index < -0.39 is 17.9 Å². The number of aromatic nitrogens is 1. The maximum absolute atomic E-state index is 12.5. The summed E-state index contributed by atoms with van der Waals surface area (Å²) in [7, 11) is 1.28. The second-order valence-corrected chi connectivity index (χ2v) is 6.08. The lowest BCUT2D eigenvalue weighted by Crippen LogP contribution is -2.31. The molecule has 0 saturated heterocycles. The Labute approximate surface area is 159 Å². The summed E-state index contributed by atoms with van der Waals surface area (Å²) in [4.78, 5) is 28.4. The zero-order valence-electron chi connectivity index (χ0n) is 14.0. The Kier molecular flexibility index (Phi) is 7.06. The highest BCUT2D eigenvalue weighted by Crippen LogP contribution is 2.18. The van der Waals surface area contributed by atoms with E-state index in [4.69, 9.17) is 4.74 Å². The van der Waals surface area contributed by atoms with Crippen LogP contribution in [0.3, 0.4) is 0 Å². The Bertz CT molecular complexity index is 860. The molecule has 1 aromatic carbocycles. The predicted molar refractivity (Wildman–Crippen MR) is 99.5 cm³/mol. The van der Waals surface area contributed by atoms with Gasteiger partial charge in [-0.3, -0.25) is 9.59 Å². The van der Waals surface area contributed by atoms with E-state index in [1.807, 2.05) is 12.1 Å². The summed E-state index contributed by atoms with van der Waals surface area (Å²) in [5.74, 6) is -1.05. The number of carbonyl (C=O) groups excluding carboxylic acids is 2. The fraction of sp³-hybridized carbons (Fsp3) is 0.158. The SMILES string of the molecule is COC(=O)C[C@H](NC(=O)C(C#N)=Cc1cccc(Br)n1)c1ccccc1. The van der Waals surface area contributed by atoms with Gasteiger partial charge >= 0.3 is 5.97 Å². The molecule has 1 atom stereocenters. The highest BCUT2D eigenvalue weighted by molar-refractivity contribution is 9.10. The van der Waals surface area contributed by atoms with E-state index in [0.717, 1.165) is 5.56 Å². The van der Waals surface area contributed by atoms with Crippen LogP contribution in [0.1, 0.15) is 23.7 Å². The van der Waals surface area contributed by atoms with Crippen LogP contribution in [0.2, 0.25) is 0 Å². The summed E-state index contributed by atoms with van der Waals surface area (Å²) >= 11 is 3.24. The number of ether oxygens (including phenoxy) is 1. The summed E-state index contributed by atoms with van der Waals surface area (Å²) in [5.41, 5.74) is 1.10. The second-order valence-electron chi connectivity index (χ2n) is 5.27. The molecule has 0 radical (unpaired) electrons. The van der Waals surface area contributed by atoms with Crippen molar-refractivity contribution in [1.82, 2.24) is 10.3 Å². The lowest BCUT2D eigenvalue weighted by molar-refractivity contribution is -0.141. The van der Waals surface area contributed by atoms with Gasteiger partial charge in [0.1, 0.15) is 16.2 Å². The number of methoxy groups -OCH3 is 1. The number of halogens is 1. The summed E-state index contributed by atoms with van der Waals surface area (Å²) in [6.07, 6.45) is 1.35. The minimum atomic E-state index is -0.608. The van der Waals surface area contributed by atoms with E-state index in [1.54, 1.807) is 42.5 Å². The molecule has 1 heterocycles. The first-order valence-corrected chi connectivity index (χ1v) is 8.49. The second kappa shape index (κ2) is 9.49. The third kappa shape index (κ3) is 5.53. The van der Waals surface area contributed by atoms with Crippen LogP contribution in [0.15, 0.2) is 58.7 Å². The fourth-order valence-electron chi connectivity index (χ4n) is 2.22. The molecule has 0 aliphatic heterocycles. The van der Waals surface area contributed by atoms with Gasteiger partial charge < -0.3 is 10.1 Å². The van der Waals surface area contributed by atoms with Crippen LogP contribution in [0, 0.1) is 11.3 Å². The van der Waals surface area contributed by atoms with Crippen molar-refractivity contribution < 1.29 is 14.3 Å². The van der Waals surface area contributed by atoms with Gasteiger partial charge in [-0.05, 0) is 39.7 Å². The Balaban J connectivity index is 2.24. The number of hydrogen-bond acceptors (Lipinski definition) is 5. The van der Waals surface area contributed by atoms with Gasteiger partial charge in [-0.15, -0.1) is 0 Å². The molecule has 7 heteroatoms. The molecule has 0 saturated carbocycles. The number of nitrogens with one attached hydrogen (secondary N) is 1. The van der Waals surface area contributed by atoms with Crippen molar-refractivity contribution in [1.29, 1.82) is 5.26 Å². The van der Waals surface area contributed by atoms with Gasteiger partial charge in [-0.2, -0.15) is 5.26 Å². The van der Waals surface area contributed by atoms with E-state index in [9.17, 15) is 14.9 Å². The third-order valence-electron chi connectivity index (χ3n) is 3.50. The van der Waals surface area contributed by atoms with Crippen LogP contribution in [0.25, 0.3) is 6.08 Å². The quantitative estimate of drug-likeness (QED) is 0.339. The standard InChI is InChI=1S/C19H16BrN3O3/c1-26-18(24)11-16(13-6-3-2-4-7-13)23-19(25)14(12-21)10-15-8-5-9-17(20)22-15/h2-10,16H,11H2,1H3,(H,23,25)/t16-/m0/s1. The minimum Gasteiger partial charge on any atom is -0.469 e. The summed E-state index contributed by atoms with van der Waals surface area (Å²) < 4.78 is 5.29. The van der Waals surface area contributed by atoms with Crippen molar-refractivity contribution in [2.24, 2.45) is 0 Å². The zero-order valence-corrected chi connectivity index (χ0v) is 15.6. The van der Waals surface area contributed by atoms with Gasteiger partial charge in [0.05, 0.1) is 25.3 Å². The van der Waals surface area contributed by atoms with Crippen molar-refractivity contribution in [3.8, 4) is 6.07 Å². The molecule has 0 aliphatic carbocycles. The molecule has 1 amide bonds. The molecule has 0 aliphatic rings. The van der Waals surface area contributed by atoms with Gasteiger partial charge in [0.25, 0.3) is 5.91 Å². The monoisotopic (exact) mass is 413 g/mol. The van der Waals surface area contributed by atoms with Crippen LogP contribution in [-0.4, -0.2) is 24.0 Å². The number of pyridine rings is 1. The van der Waals surface area contributed by atoms with E-state index in [0.29, 0.717) is 10.3 Å². The van der Waals surface area contributed by atoms with Crippen LogP contribution in [-0.2, 0) is 14.3 Å². The van der Waals surface area contributed by atoms with Gasteiger partial charge in [0, 0.05) is 0 Å². The number of carbonyl (C=O) groups is 2. The maximum atomic E-state index is 12.5. The van der Waals surface area contributed by atoms with Crippen molar-refractivity contribution in [2.45, 2.75) is 12.5 Å². The molecule has 0 unspecified atom stereocenters. The van der Waals surface area contributed by atoms with Crippen LogP contribution in [0.4, 0.5) is 0 Å². The number of benzene rings is 1. The lowest BCUT2D eigenvalue weighted by Gasteiger charge is -2.18. The highest BCUT2D eigenvalue weighted by atomic mass is 79.9. The molecule has 0 bridgehead atoms. The molecule has 0 fully saturated rings. The number of amides is 1. The number of esters is 1. The summed E-state index contributed by atoms with van der Waals surface area (Å²) in [5, 5.41) is 12.0. The summed E-state index contributed by atoms with van der Waals surface area (Å²) in [6, 6.07) is 15.5. The fourth-order valence-corrected chi connectivity index (χ4v) is 2.58. The summed E-state index contributed by atoms with van der Waals surface area (Å²) in [6.45, 7) is 0. The average Bonchev–Trinajstić information content (AvgIpc) is 2.66. The first-order valence-electron chi connectivity index (χ1n) is 7.70. The molecule has 2 aromatic rings. The van der Waals surface area contributed by atoms with Crippen molar-refractivity contribution in [2.75, 3.05) is 7.11 Å². The van der Waals surface area contributed by atoms with E-state index in [-0.39, 0.29) is 12.0 Å². The normalized spacial score (nSPS) is 12.0. The third-order valence-corrected chi connectivity index (χ3v) is 3.94. The number of rotatable bonds is 6. The Morgan fingerprint density at radius 1 is 1.27 bits per heavy atom. The van der Waals surface area contributed by atoms with E-state index in [2.05, 4.69) is 26.2 Å². The Morgan fingerprint density at radius 2 is 2.00 bits per heavy atom. The molecule has 26 heavy (non-hydrogen) atoms. The minimum absolute atomic E-state index is 0.0416. The van der Waals surface area contributed by atoms with Crippen molar-refractivity contribution >= 4 is 33.9 Å². The molecule has 0 spiro atoms. The molecular weight excluding hydrogens is 398 g/mol. The molecule has 132 valence electrons. The zero-order chi connectivity index (χ0) is 18.9. The predicted octanol–water partition coefficient (Wildman–Crippen LogP) is 3.17. The number of nitriles is 1. The number of nitrogens with zero attached hydrogens (tertiary/aromatic N) is 2. The molecule has 1 aromatic heterocycles. The van der Waals surface area contributed by atoms with Crippen LogP contribution < -0.4 is 5.32 Å². The molecular formula is C19H16BrN3O3. The van der Waals surface area contributed by atoms with Crippen LogP contribution >= 0.6 is 15.9 Å². The van der Waals surface area contributed by atoms with Crippen LogP contribution in [0.5, 0.6) is 0 Å². The van der Waals surface area contributed by atoms with Crippen molar-refractivity contribution in [3.63, 3.8) is 0 Å². The largest absolute Gasteiger partial charge is 0.469 e. The Morgan fingerprint density at radius 3 is 2.62 bits per heavy atom. The van der Waals surface area contributed by atoms with Crippen molar-refractivity contribution in [3.05, 3.63) is 70.0 Å². The van der Waals surface area contributed by atoms with Gasteiger partial charge in [0.2, 0.25) is 0 Å². The van der Waals surface area contributed by atoms with E-state index in [1.165, 1.54) is 13.2 Å². The highest BCUT2D eigenvalue weighted by Gasteiger charge is 2.20. The number of hydrogen-bond donors (Lipinski definition) is 1. The van der Waals surface area contributed by atoms with Gasteiger partial charge in [-0.25, -0.2) is 4.98 Å². The first kappa shape index (κ1) is 19.3. The average molecular weight is 414 g/mol. The topological polar surface area (TPSA) is 92.1 Å². The molecule has 2 rings (SSSR count). The van der Waals surface area contributed by atoms with E-state index >= 15 is 0 Å². The smallest absolute Gasteiger partial charge is 0.307 e.